The highest BCUT2D eigenvalue weighted by molar-refractivity contribution is 5.74. The number of aliphatic carboxylic acids is 1. The third-order valence-corrected chi connectivity index (χ3v) is 4.57. The third-order valence-electron chi connectivity index (χ3n) is 4.57. The summed E-state index contributed by atoms with van der Waals surface area (Å²) in [5.41, 5.74) is -0.707. The number of ether oxygens (including phenoxy) is 1. The van der Waals surface area contributed by atoms with E-state index in [0.717, 1.165) is 38.1 Å². The molecule has 1 aliphatic carbocycles. The summed E-state index contributed by atoms with van der Waals surface area (Å²) >= 11 is 0. The standard InChI is InChI=1S/C13H20N4O3/c18-12(19)13(5-2-1-3-6-13)9-17-11(14-15-16-17)10-4-7-20-8-10/h10H,1-9H2,(H,18,19). The van der Waals surface area contributed by atoms with E-state index in [0.29, 0.717) is 26.0 Å². The maximum absolute atomic E-state index is 11.7. The molecule has 0 amide bonds. The Kier molecular flexibility index (Phi) is 3.69. The van der Waals surface area contributed by atoms with Crippen molar-refractivity contribution in [2.24, 2.45) is 5.41 Å². The fourth-order valence-electron chi connectivity index (χ4n) is 3.31. The van der Waals surface area contributed by atoms with Gasteiger partial charge in [-0.15, -0.1) is 5.10 Å². The minimum Gasteiger partial charge on any atom is -0.481 e. The van der Waals surface area contributed by atoms with Crippen molar-refractivity contribution in [2.75, 3.05) is 13.2 Å². The molecule has 0 aromatic carbocycles. The zero-order valence-corrected chi connectivity index (χ0v) is 11.5. The Morgan fingerprint density at radius 1 is 1.40 bits per heavy atom. The monoisotopic (exact) mass is 280 g/mol. The predicted octanol–water partition coefficient (Wildman–Crippen LogP) is 1.21. The second kappa shape index (κ2) is 5.47. The van der Waals surface area contributed by atoms with Crippen molar-refractivity contribution < 1.29 is 14.6 Å². The molecule has 2 aliphatic rings. The van der Waals surface area contributed by atoms with Crippen LogP contribution in [0, 0.1) is 5.41 Å². The van der Waals surface area contributed by atoms with E-state index in [1.54, 1.807) is 4.68 Å². The molecule has 1 aromatic heterocycles. The third kappa shape index (κ3) is 2.42. The van der Waals surface area contributed by atoms with Gasteiger partial charge in [-0.05, 0) is 29.7 Å². The summed E-state index contributed by atoms with van der Waals surface area (Å²) in [5.74, 6) is 0.245. The summed E-state index contributed by atoms with van der Waals surface area (Å²) in [5, 5.41) is 21.5. The van der Waals surface area contributed by atoms with Gasteiger partial charge in [0.05, 0.1) is 18.6 Å². The molecule has 1 saturated carbocycles. The fraction of sp³-hybridized carbons (Fsp3) is 0.846. The average molecular weight is 280 g/mol. The highest BCUT2D eigenvalue weighted by atomic mass is 16.5. The molecule has 1 unspecified atom stereocenters. The molecule has 1 N–H and O–H groups in total. The van der Waals surface area contributed by atoms with Crippen molar-refractivity contribution in [1.82, 2.24) is 20.2 Å². The molecule has 2 fully saturated rings. The van der Waals surface area contributed by atoms with Gasteiger partial charge in [-0.1, -0.05) is 19.3 Å². The molecule has 1 saturated heterocycles. The molecular weight excluding hydrogens is 260 g/mol. The summed E-state index contributed by atoms with van der Waals surface area (Å²) in [6.07, 6.45) is 5.38. The van der Waals surface area contributed by atoms with Crippen LogP contribution in [0.3, 0.4) is 0 Å². The van der Waals surface area contributed by atoms with Crippen molar-refractivity contribution >= 4 is 5.97 Å². The van der Waals surface area contributed by atoms with E-state index in [1.165, 1.54) is 0 Å². The van der Waals surface area contributed by atoms with Crippen LogP contribution in [0.4, 0.5) is 0 Å². The Bertz CT molecular complexity index is 476. The number of carbonyl (C=O) groups is 1. The molecule has 2 heterocycles. The van der Waals surface area contributed by atoms with Crippen molar-refractivity contribution in [3.05, 3.63) is 5.82 Å². The zero-order chi connectivity index (χ0) is 14.0. The molecule has 7 heteroatoms. The van der Waals surface area contributed by atoms with E-state index in [2.05, 4.69) is 15.5 Å². The van der Waals surface area contributed by atoms with Gasteiger partial charge in [0.2, 0.25) is 0 Å². The van der Waals surface area contributed by atoms with Gasteiger partial charge in [-0.2, -0.15) is 0 Å². The van der Waals surface area contributed by atoms with Crippen molar-refractivity contribution in [2.45, 2.75) is 51.0 Å². The second-order valence-electron chi connectivity index (χ2n) is 5.90. The first-order valence-corrected chi connectivity index (χ1v) is 7.28. The van der Waals surface area contributed by atoms with E-state index in [4.69, 9.17) is 4.74 Å². The molecule has 0 spiro atoms. The molecule has 3 rings (SSSR count). The van der Waals surface area contributed by atoms with Crippen LogP contribution in [0.2, 0.25) is 0 Å². The number of hydrogen-bond acceptors (Lipinski definition) is 5. The Morgan fingerprint density at radius 2 is 2.20 bits per heavy atom. The fourth-order valence-corrected chi connectivity index (χ4v) is 3.31. The summed E-state index contributed by atoms with van der Waals surface area (Å²) in [6.45, 7) is 1.73. The Labute approximate surface area is 117 Å². The first-order chi connectivity index (χ1) is 9.71. The molecule has 0 radical (unpaired) electrons. The summed E-state index contributed by atoms with van der Waals surface area (Å²) in [7, 11) is 0. The molecule has 7 nitrogen and oxygen atoms in total. The maximum atomic E-state index is 11.7. The lowest BCUT2D eigenvalue weighted by atomic mass is 9.74. The molecule has 110 valence electrons. The number of aromatic nitrogens is 4. The van der Waals surface area contributed by atoms with Crippen LogP contribution in [0.5, 0.6) is 0 Å². The van der Waals surface area contributed by atoms with Crippen LogP contribution in [0.1, 0.15) is 50.3 Å². The second-order valence-corrected chi connectivity index (χ2v) is 5.90. The number of hydrogen-bond donors (Lipinski definition) is 1. The van der Waals surface area contributed by atoms with Crippen LogP contribution in [-0.4, -0.2) is 44.5 Å². The average Bonchev–Trinajstić information content (AvgIpc) is 3.10. The van der Waals surface area contributed by atoms with Crippen LogP contribution in [0.15, 0.2) is 0 Å². The molecule has 20 heavy (non-hydrogen) atoms. The minimum atomic E-state index is -0.721. The molecular formula is C13H20N4O3. The van der Waals surface area contributed by atoms with Crippen LogP contribution < -0.4 is 0 Å². The normalized spacial score (nSPS) is 25.7. The van der Waals surface area contributed by atoms with E-state index in [9.17, 15) is 9.90 Å². The van der Waals surface area contributed by atoms with E-state index in [-0.39, 0.29) is 5.92 Å². The highest BCUT2D eigenvalue weighted by Gasteiger charge is 2.41. The SMILES string of the molecule is O=C(O)C1(Cn2nnnc2C2CCOC2)CCCCC1. The molecule has 1 atom stereocenters. The summed E-state index contributed by atoms with van der Waals surface area (Å²) in [4.78, 5) is 11.7. The van der Waals surface area contributed by atoms with Gasteiger partial charge in [-0.3, -0.25) is 4.79 Å². The van der Waals surface area contributed by atoms with Crippen molar-refractivity contribution in [3.63, 3.8) is 0 Å². The van der Waals surface area contributed by atoms with Gasteiger partial charge < -0.3 is 9.84 Å². The zero-order valence-electron chi connectivity index (χ0n) is 11.5. The number of nitrogens with zero attached hydrogens (tertiary/aromatic N) is 4. The van der Waals surface area contributed by atoms with Gasteiger partial charge in [0.25, 0.3) is 0 Å². The molecule has 0 bridgehead atoms. The summed E-state index contributed by atoms with van der Waals surface area (Å²) in [6, 6.07) is 0. The van der Waals surface area contributed by atoms with Gasteiger partial charge >= 0.3 is 5.97 Å². The smallest absolute Gasteiger partial charge is 0.311 e. The van der Waals surface area contributed by atoms with Gasteiger partial charge in [0.15, 0.2) is 5.82 Å². The van der Waals surface area contributed by atoms with Gasteiger partial charge in [0.1, 0.15) is 0 Å². The first-order valence-electron chi connectivity index (χ1n) is 7.28. The van der Waals surface area contributed by atoms with Gasteiger partial charge in [-0.25, -0.2) is 4.68 Å². The molecule has 1 aromatic rings. The number of carboxylic acids is 1. The Morgan fingerprint density at radius 3 is 2.85 bits per heavy atom. The van der Waals surface area contributed by atoms with Crippen LogP contribution in [-0.2, 0) is 16.1 Å². The van der Waals surface area contributed by atoms with Crippen molar-refractivity contribution in [3.8, 4) is 0 Å². The van der Waals surface area contributed by atoms with Crippen LogP contribution in [0.25, 0.3) is 0 Å². The topological polar surface area (TPSA) is 90.1 Å². The van der Waals surface area contributed by atoms with Gasteiger partial charge in [0, 0.05) is 12.5 Å². The number of carboxylic acid groups (broad SMARTS) is 1. The largest absolute Gasteiger partial charge is 0.481 e. The maximum Gasteiger partial charge on any atom is 0.311 e. The lowest BCUT2D eigenvalue weighted by Gasteiger charge is -2.33. The minimum absolute atomic E-state index is 0.194. The lowest BCUT2D eigenvalue weighted by Crippen LogP contribution is -2.38. The lowest BCUT2D eigenvalue weighted by molar-refractivity contribution is -0.152. The molecule has 1 aliphatic heterocycles. The number of rotatable bonds is 4. The Balaban J connectivity index is 1.82. The van der Waals surface area contributed by atoms with E-state index >= 15 is 0 Å². The predicted molar refractivity (Wildman–Crippen MR) is 69.1 cm³/mol. The van der Waals surface area contributed by atoms with Crippen molar-refractivity contribution in [1.29, 1.82) is 0 Å². The van der Waals surface area contributed by atoms with E-state index < -0.39 is 11.4 Å². The Hall–Kier alpha value is -1.50. The first kappa shape index (κ1) is 13.5. The highest BCUT2D eigenvalue weighted by Crippen LogP contribution is 2.38. The quantitative estimate of drug-likeness (QED) is 0.891. The van der Waals surface area contributed by atoms with Crippen LogP contribution >= 0.6 is 0 Å². The number of tetrazole rings is 1. The summed E-state index contributed by atoms with van der Waals surface area (Å²) < 4.78 is 7.07. The van der Waals surface area contributed by atoms with E-state index in [1.807, 2.05) is 0 Å².